The van der Waals surface area contributed by atoms with Crippen LogP contribution in [-0.2, 0) is 6.54 Å². The van der Waals surface area contributed by atoms with E-state index in [1.54, 1.807) is 12.1 Å². The van der Waals surface area contributed by atoms with E-state index in [4.69, 9.17) is 0 Å². The first-order valence-electron chi connectivity index (χ1n) is 6.70. The molecule has 5 nitrogen and oxygen atoms in total. The number of nitro groups is 1. The van der Waals surface area contributed by atoms with E-state index in [-0.39, 0.29) is 16.7 Å². The van der Waals surface area contributed by atoms with Gasteiger partial charge in [0.2, 0.25) is 0 Å². The van der Waals surface area contributed by atoms with E-state index in [1.807, 2.05) is 13.0 Å². The summed E-state index contributed by atoms with van der Waals surface area (Å²) in [7, 11) is 0. The molecule has 1 aromatic carbocycles. The zero-order chi connectivity index (χ0) is 13.8. The van der Waals surface area contributed by atoms with Gasteiger partial charge < -0.3 is 5.11 Å². The van der Waals surface area contributed by atoms with Crippen molar-refractivity contribution >= 4 is 5.69 Å². The summed E-state index contributed by atoms with van der Waals surface area (Å²) in [4.78, 5) is 12.7. The summed E-state index contributed by atoms with van der Waals surface area (Å²) in [6, 6.07) is 6.81. The Morgan fingerprint density at radius 1 is 1.47 bits per heavy atom. The molecule has 0 amide bonds. The van der Waals surface area contributed by atoms with Gasteiger partial charge in [-0.3, -0.25) is 15.0 Å². The summed E-state index contributed by atoms with van der Waals surface area (Å²) in [5, 5.41) is 20.3. The van der Waals surface area contributed by atoms with Crippen molar-refractivity contribution in [1.29, 1.82) is 0 Å². The van der Waals surface area contributed by atoms with Crippen molar-refractivity contribution in [3.63, 3.8) is 0 Å². The highest BCUT2D eigenvalue weighted by atomic mass is 16.6. The van der Waals surface area contributed by atoms with Crippen LogP contribution in [0.4, 0.5) is 5.69 Å². The summed E-state index contributed by atoms with van der Waals surface area (Å²) < 4.78 is 0. The topological polar surface area (TPSA) is 66.6 Å². The zero-order valence-electron chi connectivity index (χ0n) is 11.2. The number of benzene rings is 1. The lowest BCUT2D eigenvalue weighted by atomic mass is 9.92. The van der Waals surface area contributed by atoms with Crippen LogP contribution in [-0.4, -0.2) is 34.1 Å². The van der Waals surface area contributed by atoms with Crippen molar-refractivity contribution < 1.29 is 10.0 Å². The molecule has 1 unspecified atom stereocenters. The Bertz CT molecular complexity index is 440. The molecule has 2 rings (SSSR count). The molecule has 0 radical (unpaired) electrons. The van der Waals surface area contributed by atoms with Crippen molar-refractivity contribution in [1.82, 2.24) is 4.90 Å². The van der Waals surface area contributed by atoms with E-state index in [0.29, 0.717) is 5.92 Å². The zero-order valence-corrected chi connectivity index (χ0v) is 11.2. The molecule has 5 heteroatoms. The van der Waals surface area contributed by atoms with Gasteiger partial charge in [-0.05, 0) is 44.3 Å². The number of aliphatic hydroxyl groups is 1. The maximum absolute atomic E-state index is 10.7. The Morgan fingerprint density at radius 2 is 2.16 bits per heavy atom. The average molecular weight is 264 g/mol. The molecule has 1 atom stereocenters. The first-order chi connectivity index (χ1) is 9.06. The minimum atomic E-state index is -0.358. The lowest BCUT2D eigenvalue weighted by Gasteiger charge is -2.33. The number of nitrogens with zero attached hydrogens (tertiary/aromatic N) is 2. The maximum atomic E-state index is 10.7. The molecule has 104 valence electrons. The molecule has 19 heavy (non-hydrogen) atoms. The molecule has 1 heterocycles. The third kappa shape index (κ3) is 3.75. The van der Waals surface area contributed by atoms with Crippen LogP contribution in [0, 0.1) is 16.0 Å². The first-order valence-corrected chi connectivity index (χ1v) is 6.70. The highest BCUT2D eigenvalue weighted by Crippen LogP contribution is 2.22. The molecule has 1 saturated heterocycles. The molecule has 0 spiro atoms. The smallest absolute Gasteiger partial charge is 0.269 e. The van der Waals surface area contributed by atoms with Gasteiger partial charge in [-0.2, -0.15) is 0 Å². The second-order valence-electron chi connectivity index (χ2n) is 5.28. The number of hydrogen-bond donors (Lipinski definition) is 1. The van der Waals surface area contributed by atoms with Gasteiger partial charge in [0.1, 0.15) is 0 Å². The maximum Gasteiger partial charge on any atom is 0.269 e. The van der Waals surface area contributed by atoms with Crippen LogP contribution in [0.5, 0.6) is 0 Å². The molecule has 1 aliphatic heterocycles. The van der Waals surface area contributed by atoms with E-state index < -0.39 is 0 Å². The Balaban J connectivity index is 1.92. The highest BCUT2D eigenvalue weighted by Gasteiger charge is 2.22. The molecule has 1 N–H and O–H groups in total. The minimum absolute atomic E-state index is 0.149. The predicted molar refractivity (Wildman–Crippen MR) is 72.8 cm³/mol. The van der Waals surface area contributed by atoms with Crippen molar-refractivity contribution in [2.45, 2.75) is 32.4 Å². The van der Waals surface area contributed by atoms with E-state index in [0.717, 1.165) is 38.0 Å². The van der Waals surface area contributed by atoms with Crippen LogP contribution in [0.2, 0.25) is 0 Å². The molecule has 1 aromatic rings. The fourth-order valence-corrected chi connectivity index (χ4v) is 2.62. The van der Waals surface area contributed by atoms with Gasteiger partial charge in [-0.15, -0.1) is 0 Å². The monoisotopic (exact) mass is 264 g/mol. The summed E-state index contributed by atoms with van der Waals surface area (Å²) >= 11 is 0. The van der Waals surface area contributed by atoms with Crippen molar-refractivity contribution in [3.05, 3.63) is 39.9 Å². The SMILES string of the molecule is CC(O)C1CCN(Cc2cccc([N+](=O)[O-])c2)CC1. The summed E-state index contributed by atoms with van der Waals surface area (Å²) in [6.07, 6.45) is 1.75. The molecule has 0 bridgehead atoms. The fraction of sp³-hybridized carbons (Fsp3) is 0.571. The number of hydrogen-bond acceptors (Lipinski definition) is 4. The summed E-state index contributed by atoms with van der Waals surface area (Å²) in [6.45, 7) is 4.48. The van der Waals surface area contributed by atoms with Crippen molar-refractivity contribution in [2.24, 2.45) is 5.92 Å². The minimum Gasteiger partial charge on any atom is -0.393 e. The lowest BCUT2D eigenvalue weighted by molar-refractivity contribution is -0.384. The summed E-state index contributed by atoms with van der Waals surface area (Å²) in [5.41, 5.74) is 1.13. The first kappa shape index (κ1) is 14.0. The van der Waals surface area contributed by atoms with E-state index in [2.05, 4.69) is 4.90 Å². The Hall–Kier alpha value is -1.46. The van der Waals surface area contributed by atoms with Gasteiger partial charge in [0.25, 0.3) is 5.69 Å². The number of likely N-dealkylation sites (tertiary alicyclic amines) is 1. The van der Waals surface area contributed by atoms with Crippen molar-refractivity contribution in [3.8, 4) is 0 Å². The van der Waals surface area contributed by atoms with Crippen molar-refractivity contribution in [2.75, 3.05) is 13.1 Å². The average Bonchev–Trinajstić information content (AvgIpc) is 2.39. The number of rotatable bonds is 4. The molecule has 0 saturated carbocycles. The second kappa shape index (κ2) is 6.12. The molecular formula is C14H20N2O3. The van der Waals surface area contributed by atoms with E-state index in [1.165, 1.54) is 6.07 Å². The molecule has 1 fully saturated rings. The summed E-state index contributed by atoms with van der Waals surface area (Å²) in [5.74, 6) is 0.390. The molecule has 0 aromatic heterocycles. The van der Waals surface area contributed by atoms with Crippen LogP contribution >= 0.6 is 0 Å². The van der Waals surface area contributed by atoms with E-state index >= 15 is 0 Å². The van der Waals surface area contributed by atoms with Crippen LogP contribution in [0.15, 0.2) is 24.3 Å². The second-order valence-corrected chi connectivity index (χ2v) is 5.28. The normalized spacial score (nSPS) is 19.3. The fourth-order valence-electron chi connectivity index (χ4n) is 2.62. The highest BCUT2D eigenvalue weighted by molar-refractivity contribution is 5.34. The van der Waals surface area contributed by atoms with Gasteiger partial charge in [-0.1, -0.05) is 12.1 Å². The van der Waals surface area contributed by atoms with Crippen LogP contribution < -0.4 is 0 Å². The molecule has 0 aliphatic carbocycles. The number of aliphatic hydroxyl groups excluding tert-OH is 1. The largest absolute Gasteiger partial charge is 0.393 e. The van der Waals surface area contributed by atoms with Crippen LogP contribution in [0.3, 0.4) is 0 Å². The van der Waals surface area contributed by atoms with Crippen LogP contribution in [0.25, 0.3) is 0 Å². The number of nitro benzene ring substituents is 1. The Labute approximate surface area is 113 Å². The molecule has 1 aliphatic rings. The van der Waals surface area contributed by atoms with Crippen LogP contribution in [0.1, 0.15) is 25.3 Å². The lowest BCUT2D eigenvalue weighted by Crippen LogP contribution is -2.36. The number of piperidine rings is 1. The van der Waals surface area contributed by atoms with Gasteiger partial charge >= 0.3 is 0 Å². The van der Waals surface area contributed by atoms with Gasteiger partial charge in [0.05, 0.1) is 11.0 Å². The van der Waals surface area contributed by atoms with Gasteiger partial charge in [0, 0.05) is 18.7 Å². The predicted octanol–water partition coefficient (Wildman–Crippen LogP) is 2.19. The Morgan fingerprint density at radius 3 is 2.74 bits per heavy atom. The van der Waals surface area contributed by atoms with E-state index in [9.17, 15) is 15.2 Å². The van der Waals surface area contributed by atoms with Gasteiger partial charge in [-0.25, -0.2) is 0 Å². The Kier molecular flexibility index (Phi) is 4.50. The standard InChI is InChI=1S/C14H20N2O3/c1-11(17)13-5-7-15(8-6-13)10-12-3-2-4-14(9-12)16(18)19/h2-4,9,11,13,17H,5-8,10H2,1H3. The van der Waals surface area contributed by atoms with Gasteiger partial charge in [0.15, 0.2) is 0 Å². The third-order valence-electron chi connectivity index (χ3n) is 3.84. The third-order valence-corrected chi connectivity index (χ3v) is 3.84. The number of non-ortho nitro benzene ring substituents is 1. The quantitative estimate of drug-likeness (QED) is 0.668. The molecular weight excluding hydrogens is 244 g/mol.